The zero-order valence-electron chi connectivity index (χ0n) is 18.3. The zero-order valence-corrected chi connectivity index (χ0v) is 19.1. The largest absolute Gasteiger partial charge is 0.376 e. The number of nitrogen functional groups attached to an aromatic ring is 1. The fraction of sp³-hybridized carbons (Fsp3) is 0.261. The van der Waals surface area contributed by atoms with Gasteiger partial charge in [-0.25, -0.2) is 4.39 Å². The smallest absolute Gasteiger partial charge is 0.232 e. The van der Waals surface area contributed by atoms with E-state index in [-0.39, 0.29) is 17.9 Å². The first-order valence-electron chi connectivity index (χ1n) is 10.9. The molecule has 1 atom stereocenters. The van der Waals surface area contributed by atoms with Crippen LogP contribution in [-0.2, 0) is 17.0 Å². The van der Waals surface area contributed by atoms with Crippen LogP contribution in [0, 0.1) is 5.82 Å². The minimum Gasteiger partial charge on any atom is -0.376 e. The van der Waals surface area contributed by atoms with Crippen LogP contribution in [0.25, 0.3) is 11.4 Å². The van der Waals surface area contributed by atoms with Gasteiger partial charge < -0.3 is 15.8 Å². The summed E-state index contributed by atoms with van der Waals surface area (Å²) in [5.41, 5.74) is 7.56. The molecule has 1 aliphatic rings. The van der Waals surface area contributed by atoms with Crippen LogP contribution in [0.3, 0.4) is 0 Å². The summed E-state index contributed by atoms with van der Waals surface area (Å²) in [5.74, 6) is 1.82. The normalized spacial score (nSPS) is 15.5. The standard InChI is InChI=1S/C23H23FN8OS/c24-16-10-8-15(9-11-16)20-30-31-23(32(20)13-18-7-4-12-33-18)34-14-19-27-21(25)29-22(28-19)26-17-5-2-1-3-6-17/h1-3,5-6,8-11,18H,4,7,12-14H2,(H3,25,26,27,28,29)/t18-/m1/s1. The monoisotopic (exact) mass is 478 g/mol. The van der Waals surface area contributed by atoms with Crippen molar-refractivity contribution in [2.24, 2.45) is 0 Å². The van der Waals surface area contributed by atoms with Gasteiger partial charge in [0, 0.05) is 17.9 Å². The molecule has 11 heteroatoms. The van der Waals surface area contributed by atoms with Crippen LogP contribution in [0.1, 0.15) is 18.7 Å². The van der Waals surface area contributed by atoms with Crippen molar-refractivity contribution in [2.45, 2.75) is 36.4 Å². The first-order chi connectivity index (χ1) is 16.6. The van der Waals surface area contributed by atoms with Gasteiger partial charge in [-0.1, -0.05) is 30.0 Å². The SMILES string of the molecule is Nc1nc(CSc2nnc(-c3ccc(F)cc3)n2C[C@H]2CCCO2)nc(Nc2ccccc2)n1. The summed E-state index contributed by atoms with van der Waals surface area (Å²) in [6, 6.07) is 15.8. The molecule has 4 aromatic rings. The second kappa shape index (κ2) is 10.1. The van der Waals surface area contributed by atoms with Gasteiger partial charge in [-0.05, 0) is 49.2 Å². The van der Waals surface area contributed by atoms with Crippen LogP contribution >= 0.6 is 11.8 Å². The van der Waals surface area contributed by atoms with Crippen molar-refractivity contribution in [3.05, 3.63) is 66.2 Å². The molecule has 34 heavy (non-hydrogen) atoms. The number of anilines is 3. The summed E-state index contributed by atoms with van der Waals surface area (Å²) in [4.78, 5) is 12.9. The molecule has 1 aliphatic heterocycles. The van der Waals surface area contributed by atoms with Crippen molar-refractivity contribution < 1.29 is 9.13 Å². The lowest BCUT2D eigenvalue weighted by molar-refractivity contribution is 0.0953. The molecule has 0 bridgehead atoms. The van der Waals surface area contributed by atoms with E-state index < -0.39 is 0 Å². The number of hydrogen-bond donors (Lipinski definition) is 2. The Morgan fingerprint density at radius 1 is 1.06 bits per heavy atom. The Morgan fingerprint density at radius 3 is 2.65 bits per heavy atom. The third-order valence-corrected chi connectivity index (χ3v) is 6.25. The molecule has 0 unspecified atom stereocenters. The van der Waals surface area contributed by atoms with Crippen LogP contribution in [0.5, 0.6) is 0 Å². The second-order valence-corrected chi connectivity index (χ2v) is 8.71. The second-order valence-electron chi connectivity index (χ2n) is 7.77. The van der Waals surface area contributed by atoms with Crippen LogP contribution in [0.2, 0.25) is 0 Å². The van der Waals surface area contributed by atoms with Gasteiger partial charge in [0.15, 0.2) is 11.0 Å². The molecule has 0 saturated carbocycles. The first kappa shape index (κ1) is 22.2. The molecule has 2 aromatic carbocycles. The average molecular weight is 479 g/mol. The summed E-state index contributed by atoms with van der Waals surface area (Å²) in [6.07, 6.45) is 2.09. The van der Waals surface area contributed by atoms with Gasteiger partial charge in [0.1, 0.15) is 11.6 Å². The first-order valence-corrected chi connectivity index (χ1v) is 11.9. The lowest BCUT2D eigenvalue weighted by Crippen LogP contribution is -2.16. The Bertz CT molecular complexity index is 1250. The van der Waals surface area contributed by atoms with Crippen LogP contribution in [0.4, 0.5) is 22.0 Å². The number of nitrogens with zero attached hydrogens (tertiary/aromatic N) is 6. The molecule has 2 aromatic heterocycles. The number of thioether (sulfide) groups is 1. The van der Waals surface area contributed by atoms with E-state index in [2.05, 4.69) is 30.5 Å². The molecule has 3 N–H and O–H groups in total. The number of nitrogens with one attached hydrogen (secondary N) is 1. The van der Waals surface area contributed by atoms with E-state index in [4.69, 9.17) is 10.5 Å². The molecule has 1 saturated heterocycles. The lowest BCUT2D eigenvalue weighted by atomic mass is 10.2. The van der Waals surface area contributed by atoms with Crippen molar-refractivity contribution >= 4 is 29.3 Å². The number of ether oxygens (including phenoxy) is 1. The van der Waals surface area contributed by atoms with Gasteiger partial charge in [-0.3, -0.25) is 4.57 Å². The highest BCUT2D eigenvalue weighted by atomic mass is 32.2. The van der Waals surface area contributed by atoms with Crippen molar-refractivity contribution in [1.29, 1.82) is 0 Å². The highest BCUT2D eigenvalue weighted by molar-refractivity contribution is 7.98. The van der Waals surface area contributed by atoms with Crippen LogP contribution < -0.4 is 11.1 Å². The van der Waals surface area contributed by atoms with Gasteiger partial charge >= 0.3 is 0 Å². The maximum atomic E-state index is 13.4. The highest BCUT2D eigenvalue weighted by Crippen LogP contribution is 2.28. The van der Waals surface area contributed by atoms with Gasteiger partial charge in [0.05, 0.1) is 18.4 Å². The number of benzene rings is 2. The van der Waals surface area contributed by atoms with E-state index in [9.17, 15) is 4.39 Å². The third kappa shape index (κ3) is 5.32. The van der Waals surface area contributed by atoms with Gasteiger partial charge in [-0.15, -0.1) is 10.2 Å². The highest BCUT2D eigenvalue weighted by Gasteiger charge is 2.22. The summed E-state index contributed by atoms with van der Waals surface area (Å²) >= 11 is 1.45. The Labute approximate surface area is 200 Å². The molecule has 0 amide bonds. The number of halogens is 1. The minimum atomic E-state index is -0.295. The van der Waals surface area contributed by atoms with Crippen molar-refractivity contribution in [3.63, 3.8) is 0 Å². The Kier molecular flexibility index (Phi) is 6.63. The van der Waals surface area contributed by atoms with E-state index in [1.165, 1.54) is 23.9 Å². The number of para-hydroxylation sites is 1. The van der Waals surface area contributed by atoms with E-state index in [0.29, 0.717) is 35.1 Å². The van der Waals surface area contributed by atoms with Gasteiger partial charge in [-0.2, -0.15) is 15.0 Å². The van der Waals surface area contributed by atoms with E-state index >= 15 is 0 Å². The van der Waals surface area contributed by atoms with Gasteiger partial charge in [0.2, 0.25) is 11.9 Å². The topological polar surface area (TPSA) is 117 Å². The molecule has 5 rings (SSSR count). The molecule has 0 aliphatic carbocycles. The lowest BCUT2D eigenvalue weighted by Gasteiger charge is -2.14. The van der Waals surface area contributed by atoms with E-state index in [0.717, 1.165) is 30.7 Å². The molecule has 3 heterocycles. The number of nitrogens with two attached hydrogens (primary N) is 1. The molecular formula is C23H23FN8OS. The summed E-state index contributed by atoms with van der Waals surface area (Å²) in [5, 5.41) is 12.6. The van der Waals surface area contributed by atoms with Crippen molar-refractivity contribution in [2.75, 3.05) is 17.7 Å². The van der Waals surface area contributed by atoms with E-state index in [1.54, 1.807) is 12.1 Å². The van der Waals surface area contributed by atoms with Crippen LogP contribution in [0.15, 0.2) is 59.8 Å². The summed E-state index contributed by atoms with van der Waals surface area (Å²) in [7, 11) is 0. The molecule has 9 nitrogen and oxygen atoms in total. The van der Waals surface area contributed by atoms with Crippen LogP contribution in [-0.4, -0.2) is 42.4 Å². The average Bonchev–Trinajstić information content (AvgIpc) is 3.49. The molecule has 0 spiro atoms. The number of aromatic nitrogens is 6. The molecular weight excluding hydrogens is 455 g/mol. The Morgan fingerprint density at radius 2 is 1.88 bits per heavy atom. The fourth-order valence-electron chi connectivity index (χ4n) is 3.70. The maximum absolute atomic E-state index is 13.4. The number of hydrogen-bond acceptors (Lipinski definition) is 9. The molecule has 1 fully saturated rings. The fourth-order valence-corrected chi connectivity index (χ4v) is 4.51. The Balaban J connectivity index is 1.37. The quantitative estimate of drug-likeness (QED) is 0.361. The Hall–Kier alpha value is -3.57. The maximum Gasteiger partial charge on any atom is 0.232 e. The third-order valence-electron chi connectivity index (χ3n) is 5.29. The predicted octanol–water partition coefficient (Wildman–Crippen LogP) is 4.07. The van der Waals surface area contributed by atoms with Gasteiger partial charge in [0.25, 0.3) is 0 Å². The molecule has 0 radical (unpaired) electrons. The van der Waals surface area contributed by atoms with Crippen molar-refractivity contribution in [3.8, 4) is 11.4 Å². The minimum absolute atomic E-state index is 0.0871. The van der Waals surface area contributed by atoms with Crippen molar-refractivity contribution in [1.82, 2.24) is 29.7 Å². The van der Waals surface area contributed by atoms with E-state index in [1.807, 2.05) is 34.9 Å². The summed E-state index contributed by atoms with van der Waals surface area (Å²) < 4.78 is 21.3. The number of rotatable bonds is 8. The predicted molar refractivity (Wildman–Crippen MR) is 128 cm³/mol. The summed E-state index contributed by atoms with van der Waals surface area (Å²) in [6.45, 7) is 1.37. The zero-order chi connectivity index (χ0) is 23.3. The molecule has 174 valence electrons.